The zero-order chi connectivity index (χ0) is 14.9. The molecule has 0 bridgehead atoms. The molecule has 0 aromatic heterocycles. The third-order valence-electron chi connectivity index (χ3n) is 5.52. The number of rotatable bonds is 2. The number of benzene rings is 1. The van der Waals surface area contributed by atoms with E-state index in [1.807, 2.05) is 6.07 Å². The Morgan fingerprint density at radius 1 is 1.10 bits per heavy atom. The van der Waals surface area contributed by atoms with Gasteiger partial charge in [0.2, 0.25) is 0 Å². The minimum Gasteiger partial charge on any atom is -0.389 e. The topological polar surface area (TPSA) is 23.5 Å². The summed E-state index contributed by atoms with van der Waals surface area (Å²) in [6.45, 7) is 3.78. The maximum absolute atomic E-state index is 13.4. The smallest absolute Gasteiger partial charge is 0.123 e. The van der Waals surface area contributed by atoms with Crippen molar-refractivity contribution in [3.8, 4) is 0 Å². The summed E-state index contributed by atoms with van der Waals surface area (Å²) in [6.07, 6.45) is 8.79. The third-order valence-corrected chi connectivity index (χ3v) is 5.52. The molecule has 1 atom stereocenters. The lowest BCUT2D eigenvalue weighted by Gasteiger charge is -2.45. The Morgan fingerprint density at radius 3 is 2.38 bits per heavy atom. The standard InChI is InChI=1S/C18H26FNO/c1-14(21)16-13-15(19)5-6-17(16)20-11-9-18(10-12-20)7-3-2-4-8-18/h5-6,13-14,21H,2-4,7-12H2,1H3/t14-/m1/s1. The number of piperidine rings is 1. The molecule has 2 aliphatic rings. The van der Waals surface area contributed by atoms with Crippen LogP contribution in [0.3, 0.4) is 0 Å². The molecule has 2 fully saturated rings. The van der Waals surface area contributed by atoms with E-state index in [2.05, 4.69) is 4.90 Å². The molecular weight excluding hydrogens is 265 g/mol. The lowest BCUT2D eigenvalue weighted by Crippen LogP contribution is -2.41. The van der Waals surface area contributed by atoms with Gasteiger partial charge < -0.3 is 10.0 Å². The highest BCUT2D eigenvalue weighted by Crippen LogP contribution is 2.45. The van der Waals surface area contributed by atoms with Crippen molar-refractivity contribution >= 4 is 5.69 Å². The largest absolute Gasteiger partial charge is 0.389 e. The van der Waals surface area contributed by atoms with Crippen LogP contribution in [0.5, 0.6) is 0 Å². The van der Waals surface area contributed by atoms with Gasteiger partial charge in [0.05, 0.1) is 6.10 Å². The van der Waals surface area contributed by atoms with Crippen LogP contribution < -0.4 is 4.90 Å². The highest BCUT2D eigenvalue weighted by molar-refractivity contribution is 5.55. The fourth-order valence-electron chi connectivity index (χ4n) is 4.17. The van der Waals surface area contributed by atoms with E-state index in [0.29, 0.717) is 5.41 Å². The van der Waals surface area contributed by atoms with E-state index in [4.69, 9.17) is 0 Å². The Bertz CT molecular complexity index is 484. The Balaban J connectivity index is 1.75. The monoisotopic (exact) mass is 291 g/mol. The lowest BCUT2D eigenvalue weighted by atomic mass is 9.68. The first-order valence-corrected chi connectivity index (χ1v) is 8.32. The second kappa shape index (κ2) is 5.96. The van der Waals surface area contributed by atoms with Crippen molar-refractivity contribution in [1.29, 1.82) is 0 Å². The van der Waals surface area contributed by atoms with E-state index in [9.17, 15) is 9.50 Å². The van der Waals surface area contributed by atoms with Crippen LogP contribution in [0.15, 0.2) is 18.2 Å². The Kier molecular flexibility index (Phi) is 4.21. The molecule has 1 aromatic carbocycles. The molecule has 2 nitrogen and oxygen atoms in total. The number of halogens is 1. The molecule has 3 heteroatoms. The predicted octanol–water partition coefficient (Wildman–Crippen LogP) is 4.43. The quantitative estimate of drug-likeness (QED) is 0.871. The average Bonchev–Trinajstić information content (AvgIpc) is 2.49. The zero-order valence-corrected chi connectivity index (χ0v) is 12.9. The van der Waals surface area contributed by atoms with Gasteiger partial charge in [0.15, 0.2) is 0 Å². The van der Waals surface area contributed by atoms with E-state index >= 15 is 0 Å². The number of nitrogens with zero attached hydrogens (tertiary/aromatic N) is 1. The summed E-state index contributed by atoms with van der Waals surface area (Å²) in [5.74, 6) is -0.268. The van der Waals surface area contributed by atoms with E-state index in [0.717, 1.165) is 24.3 Å². The molecule has 0 unspecified atom stereocenters. The highest BCUT2D eigenvalue weighted by Gasteiger charge is 2.35. The highest BCUT2D eigenvalue weighted by atomic mass is 19.1. The molecule has 116 valence electrons. The van der Waals surface area contributed by atoms with Crippen molar-refractivity contribution in [3.63, 3.8) is 0 Å². The van der Waals surface area contributed by atoms with Crippen LogP contribution in [0.2, 0.25) is 0 Å². The molecular formula is C18H26FNO. The molecule has 1 heterocycles. The molecule has 21 heavy (non-hydrogen) atoms. The molecule has 1 saturated heterocycles. The second-order valence-electron chi connectivity index (χ2n) is 6.93. The predicted molar refractivity (Wildman–Crippen MR) is 84.0 cm³/mol. The van der Waals surface area contributed by atoms with Crippen LogP contribution in [0, 0.1) is 11.2 Å². The number of aliphatic hydroxyl groups is 1. The SMILES string of the molecule is C[C@@H](O)c1cc(F)ccc1N1CCC2(CCCCC2)CC1. The molecule has 1 aromatic rings. The van der Waals surface area contributed by atoms with Gasteiger partial charge in [-0.15, -0.1) is 0 Å². The summed E-state index contributed by atoms with van der Waals surface area (Å²) in [5.41, 5.74) is 2.30. The molecule has 1 aliphatic heterocycles. The summed E-state index contributed by atoms with van der Waals surface area (Å²) in [7, 11) is 0. The molecule has 1 spiro atoms. The maximum Gasteiger partial charge on any atom is 0.123 e. The number of aliphatic hydroxyl groups excluding tert-OH is 1. The minimum absolute atomic E-state index is 0.268. The van der Waals surface area contributed by atoms with Gasteiger partial charge in [-0.3, -0.25) is 0 Å². The van der Waals surface area contributed by atoms with Crippen molar-refractivity contribution in [1.82, 2.24) is 0 Å². The Hall–Kier alpha value is -1.09. The van der Waals surface area contributed by atoms with Gasteiger partial charge in [-0.2, -0.15) is 0 Å². The summed E-state index contributed by atoms with van der Waals surface area (Å²) in [4.78, 5) is 2.33. The van der Waals surface area contributed by atoms with Gasteiger partial charge in [-0.05, 0) is 56.2 Å². The molecule has 0 radical (unpaired) electrons. The maximum atomic E-state index is 13.4. The number of hydrogen-bond acceptors (Lipinski definition) is 2. The van der Waals surface area contributed by atoms with Crippen LogP contribution in [0.1, 0.15) is 63.5 Å². The van der Waals surface area contributed by atoms with Crippen molar-refractivity contribution in [2.24, 2.45) is 5.41 Å². The molecule has 1 N–H and O–H groups in total. The van der Waals surface area contributed by atoms with Crippen LogP contribution >= 0.6 is 0 Å². The van der Waals surface area contributed by atoms with Gasteiger partial charge >= 0.3 is 0 Å². The van der Waals surface area contributed by atoms with Crippen LogP contribution in [-0.2, 0) is 0 Å². The van der Waals surface area contributed by atoms with Crippen molar-refractivity contribution in [3.05, 3.63) is 29.6 Å². The summed E-state index contributed by atoms with van der Waals surface area (Å²) in [6, 6.07) is 4.81. The second-order valence-corrected chi connectivity index (χ2v) is 6.93. The van der Waals surface area contributed by atoms with Gasteiger partial charge in [0.25, 0.3) is 0 Å². The van der Waals surface area contributed by atoms with Gasteiger partial charge in [-0.25, -0.2) is 4.39 Å². The fourth-order valence-corrected chi connectivity index (χ4v) is 4.17. The molecule has 1 saturated carbocycles. The van der Waals surface area contributed by atoms with E-state index in [1.54, 1.807) is 6.92 Å². The Morgan fingerprint density at radius 2 is 1.76 bits per heavy atom. The lowest BCUT2D eigenvalue weighted by molar-refractivity contribution is 0.144. The number of anilines is 1. The van der Waals surface area contributed by atoms with Crippen LogP contribution in [-0.4, -0.2) is 18.2 Å². The van der Waals surface area contributed by atoms with E-state index in [-0.39, 0.29) is 5.82 Å². The van der Waals surface area contributed by atoms with Crippen LogP contribution in [0.25, 0.3) is 0 Å². The molecule has 0 amide bonds. The minimum atomic E-state index is -0.624. The summed E-state index contributed by atoms with van der Waals surface area (Å²) < 4.78 is 13.4. The van der Waals surface area contributed by atoms with Crippen molar-refractivity contribution in [2.45, 2.75) is 58.0 Å². The van der Waals surface area contributed by atoms with Gasteiger partial charge in [0, 0.05) is 24.3 Å². The van der Waals surface area contributed by atoms with Crippen molar-refractivity contribution < 1.29 is 9.50 Å². The van der Waals surface area contributed by atoms with Crippen molar-refractivity contribution in [2.75, 3.05) is 18.0 Å². The van der Waals surface area contributed by atoms with Gasteiger partial charge in [0.1, 0.15) is 5.82 Å². The Labute approximate surface area is 127 Å². The first kappa shape index (κ1) is 14.8. The van der Waals surface area contributed by atoms with E-state index in [1.165, 1.54) is 57.1 Å². The molecule has 1 aliphatic carbocycles. The summed E-state index contributed by atoms with van der Waals surface area (Å²) >= 11 is 0. The van der Waals surface area contributed by atoms with E-state index < -0.39 is 6.10 Å². The molecule has 3 rings (SSSR count). The van der Waals surface area contributed by atoms with Gasteiger partial charge in [-0.1, -0.05) is 19.3 Å². The number of hydrogen-bond donors (Lipinski definition) is 1. The third kappa shape index (κ3) is 3.08. The normalized spacial score (nSPS) is 23.3. The first-order chi connectivity index (χ1) is 10.1. The average molecular weight is 291 g/mol. The summed E-state index contributed by atoms with van der Waals surface area (Å²) in [5, 5.41) is 9.91. The fraction of sp³-hybridized carbons (Fsp3) is 0.667. The van der Waals surface area contributed by atoms with Crippen LogP contribution in [0.4, 0.5) is 10.1 Å². The zero-order valence-electron chi connectivity index (χ0n) is 12.9. The first-order valence-electron chi connectivity index (χ1n) is 8.32.